The van der Waals surface area contributed by atoms with Crippen LogP contribution in [-0.4, -0.2) is 10.9 Å². The topological polar surface area (TPSA) is 54.0 Å². The third-order valence-electron chi connectivity index (χ3n) is 4.10. The highest BCUT2D eigenvalue weighted by atomic mass is 16.1. The molecule has 4 nitrogen and oxygen atoms in total. The van der Waals surface area contributed by atoms with E-state index in [9.17, 15) is 4.79 Å². The molecule has 2 N–H and O–H groups in total. The molecule has 0 unspecified atom stereocenters. The largest absolute Gasteiger partial charge is 0.380 e. The summed E-state index contributed by atoms with van der Waals surface area (Å²) in [5.41, 5.74) is 6.79. The highest BCUT2D eigenvalue weighted by Crippen LogP contribution is 2.16. The van der Waals surface area contributed by atoms with Gasteiger partial charge in [0.25, 0.3) is 5.91 Å². The Morgan fingerprint density at radius 1 is 0.846 bits per heavy atom. The fourth-order valence-corrected chi connectivity index (χ4v) is 2.82. The second kappa shape index (κ2) is 7.83. The van der Waals surface area contributed by atoms with Crippen LogP contribution in [0.3, 0.4) is 0 Å². The van der Waals surface area contributed by atoms with Crippen LogP contribution in [0.5, 0.6) is 0 Å². The highest BCUT2D eigenvalue weighted by molar-refractivity contribution is 6.04. The van der Waals surface area contributed by atoms with Gasteiger partial charge < -0.3 is 10.6 Å². The quantitative estimate of drug-likeness (QED) is 0.693. The van der Waals surface area contributed by atoms with Crippen molar-refractivity contribution < 1.29 is 4.79 Å². The van der Waals surface area contributed by atoms with Gasteiger partial charge in [-0.05, 0) is 55.7 Å². The maximum absolute atomic E-state index is 12.5. The number of amides is 1. The number of rotatable bonds is 5. The Balaban J connectivity index is 1.67. The minimum absolute atomic E-state index is 0.165. The van der Waals surface area contributed by atoms with E-state index in [-0.39, 0.29) is 5.91 Å². The van der Waals surface area contributed by atoms with Crippen LogP contribution < -0.4 is 10.6 Å². The van der Waals surface area contributed by atoms with Gasteiger partial charge in [-0.1, -0.05) is 35.9 Å². The van der Waals surface area contributed by atoms with Crippen LogP contribution in [0.4, 0.5) is 11.4 Å². The molecular weight excluding hydrogens is 322 g/mol. The zero-order valence-electron chi connectivity index (χ0n) is 15.3. The summed E-state index contributed by atoms with van der Waals surface area (Å²) in [6.07, 6.45) is 3.30. The molecule has 1 amide bonds. The van der Waals surface area contributed by atoms with Crippen molar-refractivity contribution in [3.8, 4) is 0 Å². The molecular formula is C22H23N3O. The van der Waals surface area contributed by atoms with Crippen LogP contribution in [0.25, 0.3) is 0 Å². The van der Waals surface area contributed by atoms with Gasteiger partial charge >= 0.3 is 0 Å². The Bertz CT molecular complexity index is 897. The molecule has 2 aromatic carbocycles. The number of carbonyl (C=O) groups is 1. The van der Waals surface area contributed by atoms with Crippen LogP contribution in [0.15, 0.2) is 60.9 Å². The SMILES string of the molecule is Cc1ccc(CNc2cncc(C(=O)Nc3cc(C)cc(C)c3)c2)cc1. The number of benzene rings is 2. The van der Waals surface area contributed by atoms with Crippen molar-refractivity contribution in [2.75, 3.05) is 10.6 Å². The van der Waals surface area contributed by atoms with Crippen molar-refractivity contribution in [3.05, 3.63) is 88.7 Å². The van der Waals surface area contributed by atoms with Crippen LogP contribution in [0, 0.1) is 20.8 Å². The fourth-order valence-electron chi connectivity index (χ4n) is 2.82. The van der Waals surface area contributed by atoms with E-state index in [1.807, 2.05) is 32.0 Å². The lowest BCUT2D eigenvalue weighted by molar-refractivity contribution is 0.102. The molecule has 3 aromatic rings. The molecule has 0 atom stereocenters. The van der Waals surface area contributed by atoms with Gasteiger partial charge in [-0.2, -0.15) is 0 Å². The third kappa shape index (κ3) is 4.70. The number of nitrogens with zero attached hydrogens (tertiary/aromatic N) is 1. The van der Waals surface area contributed by atoms with Crippen LogP contribution in [0.2, 0.25) is 0 Å². The van der Waals surface area contributed by atoms with Crippen molar-refractivity contribution in [1.82, 2.24) is 4.98 Å². The van der Waals surface area contributed by atoms with Crippen LogP contribution in [0.1, 0.15) is 32.6 Å². The monoisotopic (exact) mass is 345 g/mol. The number of hydrogen-bond acceptors (Lipinski definition) is 3. The first-order valence-electron chi connectivity index (χ1n) is 8.64. The van der Waals surface area contributed by atoms with E-state index in [0.717, 1.165) is 22.5 Å². The van der Waals surface area contributed by atoms with Gasteiger partial charge in [0.2, 0.25) is 0 Å². The van der Waals surface area contributed by atoms with E-state index < -0.39 is 0 Å². The average Bonchev–Trinajstić information content (AvgIpc) is 2.60. The molecule has 0 saturated heterocycles. The average molecular weight is 345 g/mol. The molecule has 0 aliphatic heterocycles. The van der Waals surface area contributed by atoms with Crippen molar-refractivity contribution in [2.45, 2.75) is 27.3 Å². The Hall–Kier alpha value is -3.14. The number of hydrogen-bond donors (Lipinski definition) is 2. The summed E-state index contributed by atoms with van der Waals surface area (Å²) in [4.78, 5) is 16.7. The van der Waals surface area contributed by atoms with Gasteiger partial charge in [0.15, 0.2) is 0 Å². The van der Waals surface area contributed by atoms with Gasteiger partial charge in [0.1, 0.15) is 0 Å². The van der Waals surface area contributed by atoms with Crippen molar-refractivity contribution in [2.24, 2.45) is 0 Å². The molecule has 0 spiro atoms. The standard InChI is InChI=1S/C22H23N3O/c1-15-4-6-18(7-5-15)12-24-21-11-19(13-23-14-21)22(26)25-20-9-16(2)8-17(3)10-20/h4-11,13-14,24H,12H2,1-3H3,(H,25,26). The molecule has 26 heavy (non-hydrogen) atoms. The number of nitrogens with one attached hydrogen (secondary N) is 2. The predicted molar refractivity (Wildman–Crippen MR) is 107 cm³/mol. The van der Waals surface area contributed by atoms with Gasteiger partial charge in [-0.25, -0.2) is 0 Å². The predicted octanol–water partition coefficient (Wildman–Crippen LogP) is 4.87. The molecule has 0 aliphatic carbocycles. The van der Waals surface area contributed by atoms with Gasteiger partial charge in [-0.15, -0.1) is 0 Å². The Morgan fingerprint density at radius 2 is 1.54 bits per heavy atom. The fraction of sp³-hybridized carbons (Fsp3) is 0.182. The van der Waals surface area contributed by atoms with E-state index in [4.69, 9.17) is 0 Å². The Morgan fingerprint density at radius 3 is 2.23 bits per heavy atom. The second-order valence-corrected chi connectivity index (χ2v) is 6.63. The molecule has 0 bridgehead atoms. The smallest absolute Gasteiger partial charge is 0.257 e. The van der Waals surface area contributed by atoms with E-state index in [2.05, 4.69) is 52.9 Å². The summed E-state index contributed by atoms with van der Waals surface area (Å²) in [5, 5.41) is 6.26. The minimum Gasteiger partial charge on any atom is -0.380 e. The Kier molecular flexibility index (Phi) is 5.32. The first-order valence-corrected chi connectivity index (χ1v) is 8.64. The van der Waals surface area contributed by atoms with E-state index in [0.29, 0.717) is 12.1 Å². The first-order chi connectivity index (χ1) is 12.5. The van der Waals surface area contributed by atoms with Gasteiger partial charge in [0.05, 0.1) is 11.3 Å². The molecule has 0 saturated carbocycles. The van der Waals surface area contributed by atoms with Crippen molar-refractivity contribution in [3.63, 3.8) is 0 Å². The number of pyridine rings is 1. The minimum atomic E-state index is -0.165. The van der Waals surface area contributed by atoms with Crippen LogP contribution in [-0.2, 0) is 6.54 Å². The zero-order valence-corrected chi connectivity index (χ0v) is 15.3. The molecule has 132 valence electrons. The maximum Gasteiger partial charge on any atom is 0.257 e. The second-order valence-electron chi connectivity index (χ2n) is 6.63. The lowest BCUT2D eigenvalue weighted by atomic mass is 10.1. The van der Waals surface area contributed by atoms with Crippen LogP contribution >= 0.6 is 0 Å². The third-order valence-corrected chi connectivity index (χ3v) is 4.10. The maximum atomic E-state index is 12.5. The molecule has 3 rings (SSSR count). The number of aromatic nitrogens is 1. The lowest BCUT2D eigenvalue weighted by Gasteiger charge is -2.10. The summed E-state index contributed by atoms with van der Waals surface area (Å²) >= 11 is 0. The summed E-state index contributed by atoms with van der Waals surface area (Å²) in [6.45, 7) is 6.78. The summed E-state index contributed by atoms with van der Waals surface area (Å²) in [5.74, 6) is -0.165. The summed E-state index contributed by atoms with van der Waals surface area (Å²) in [7, 11) is 0. The normalized spacial score (nSPS) is 10.4. The Labute approximate surface area is 154 Å². The van der Waals surface area contributed by atoms with E-state index >= 15 is 0 Å². The molecule has 1 heterocycles. The zero-order chi connectivity index (χ0) is 18.5. The van der Waals surface area contributed by atoms with E-state index in [1.165, 1.54) is 11.1 Å². The lowest BCUT2D eigenvalue weighted by Crippen LogP contribution is -2.13. The summed E-state index contributed by atoms with van der Waals surface area (Å²) < 4.78 is 0. The molecule has 0 aliphatic rings. The van der Waals surface area contributed by atoms with Gasteiger partial charge in [-0.3, -0.25) is 9.78 Å². The first kappa shape index (κ1) is 17.7. The highest BCUT2D eigenvalue weighted by Gasteiger charge is 2.08. The summed E-state index contributed by atoms with van der Waals surface area (Å²) in [6, 6.07) is 16.2. The number of anilines is 2. The number of aryl methyl sites for hydroxylation is 3. The molecule has 0 radical (unpaired) electrons. The van der Waals surface area contributed by atoms with Crippen molar-refractivity contribution >= 4 is 17.3 Å². The van der Waals surface area contributed by atoms with Crippen molar-refractivity contribution in [1.29, 1.82) is 0 Å². The number of carbonyl (C=O) groups excluding carboxylic acids is 1. The molecule has 0 fully saturated rings. The molecule has 4 heteroatoms. The van der Waals surface area contributed by atoms with Gasteiger partial charge in [0, 0.05) is 24.6 Å². The molecule has 1 aromatic heterocycles. The van der Waals surface area contributed by atoms with E-state index in [1.54, 1.807) is 12.4 Å².